The van der Waals surface area contributed by atoms with Crippen molar-refractivity contribution in [2.75, 3.05) is 52.3 Å². The minimum absolute atomic E-state index is 0.132. The second kappa shape index (κ2) is 3.11. The molecule has 0 bridgehead atoms. The van der Waals surface area contributed by atoms with Gasteiger partial charge in [0.25, 0.3) is 0 Å². The maximum atomic E-state index is 13.3. The average molecular weight is 232 g/mol. The van der Waals surface area contributed by atoms with Crippen LogP contribution < -0.4 is 0 Å². The molecule has 0 spiro atoms. The summed E-state index contributed by atoms with van der Waals surface area (Å²) in [5, 5.41) is 0. The zero-order valence-electron chi connectivity index (χ0n) is 9.77. The summed E-state index contributed by atoms with van der Waals surface area (Å²) in [4.78, 5) is 0. The van der Waals surface area contributed by atoms with E-state index in [0.29, 0.717) is 6.42 Å². The van der Waals surface area contributed by atoms with Crippen LogP contribution in [0.25, 0.3) is 0 Å². The summed E-state index contributed by atoms with van der Waals surface area (Å²) in [5.74, 6) is 0. The van der Waals surface area contributed by atoms with Crippen LogP contribution in [-0.2, 0) is 0 Å². The topological polar surface area (TPSA) is 0 Å². The predicted octanol–water partition coefficient (Wildman–Crippen LogP) is 4.03. The first kappa shape index (κ1) is 13.7. The van der Waals surface area contributed by atoms with E-state index in [0.717, 1.165) is 19.5 Å². The minimum atomic E-state index is -4.22. The second-order valence-electron chi connectivity index (χ2n) is 6.81. The van der Waals surface area contributed by atoms with E-state index in [2.05, 4.69) is 26.7 Å². The van der Waals surface area contributed by atoms with Crippen LogP contribution in [0.15, 0.2) is 0 Å². The number of rotatable bonds is 4. The molecule has 0 aliphatic carbocycles. The summed E-state index contributed by atoms with van der Waals surface area (Å²) in [5.41, 5.74) is 0. The molecule has 0 aliphatic rings. The van der Waals surface area contributed by atoms with Gasteiger partial charge in [-0.15, -0.1) is 0 Å². The summed E-state index contributed by atoms with van der Waals surface area (Å²) in [7, 11) is -4.22. The Morgan fingerprint density at radius 2 is 1.15 bits per heavy atom. The number of hydrogen-bond acceptors (Lipinski definition) is 0. The van der Waals surface area contributed by atoms with E-state index in [1.54, 1.807) is 0 Å². The number of halogens is 2. The molecule has 13 heavy (non-hydrogen) atoms. The molecule has 0 aromatic rings. The monoisotopic (exact) mass is 232 g/mol. The van der Waals surface area contributed by atoms with E-state index in [1.807, 2.05) is 0 Å². The molecule has 0 saturated heterocycles. The Bertz CT molecular complexity index is 155. The van der Waals surface area contributed by atoms with E-state index in [1.165, 1.54) is 0 Å². The van der Waals surface area contributed by atoms with Crippen molar-refractivity contribution in [2.45, 2.75) is 6.42 Å². The third-order valence-electron chi connectivity index (χ3n) is 1.83. The summed E-state index contributed by atoms with van der Waals surface area (Å²) < 4.78 is 26.5. The van der Waals surface area contributed by atoms with Gasteiger partial charge in [-0.1, -0.05) is 0 Å². The van der Waals surface area contributed by atoms with Gasteiger partial charge in [0.15, 0.2) is 0 Å². The van der Waals surface area contributed by atoms with Gasteiger partial charge in [0.05, 0.1) is 0 Å². The summed E-state index contributed by atoms with van der Waals surface area (Å²) >= 11 is 0. The molecular formula is C9H24F2P2. The van der Waals surface area contributed by atoms with E-state index in [4.69, 9.17) is 0 Å². The molecule has 0 aromatic carbocycles. The first-order valence-electron chi connectivity index (χ1n) is 4.65. The van der Waals surface area contributed by atoms with Crippen molar-refractivity contribution >= 4 is 13.8 Å². The summed E-state index contributed by atoms with van der Waals surface area (Å²) in [6.07, 6.45) is 1.81. The molecule has 0 radical (unpaired) electrons. The van der Waals surface area contributed by atoms with Crippen LogP contribution in [-0.4, -0.2) is 52.3 Å². The van der Waals surface area contributed by atoms with Crippen LogP contribution in [0, 0.1) is 0 Å². The van der Waals surface area contributed by atoms with Crippen molar-refractivity contribution in [2.24, 2.45) is 0 Å². The molecule has 4 heteroatoms. The molecule has 0 fully saturated rings. The van der Waals surface area contributed by atoms with Crippen LogP contribution in [0.5, 0.6) is 0 Å². The van der Waals surface area contributed by atoms with Gasteiger partial charge in [0, 0.05) is 0 Å². The normalized spacial score (nSPS) is 20.0. The molecule has 0 N–H and O–H groups in total. The van der Waals surface area contributed by atoms with Gasteiger partial charge in [0.1, 0.15) is 0 Å². The Labute approximate surface area is 81.6 Å². The van der Waals surface area contributed by atoms with Crippen molar-refractivity contribution in [3.8, 4) is 0 Å². The Kier molecular flexibility index (Phi) is 3.28. The third kappa shape index (κ3) is 12.7. The molecule has 0 aliphatic heterocycles. The fourth-order valence-electron chi connectivity index (χ4n) is 1.14. The molecule has 0 atom stereocenters. The van der Waals surface area contributed by atoms with Crippen LogP contribution in [0.3, 0.4) is 0 Å². The Balaban J connectivity index is 3.98. The SMILES string of the molecule is CP(C)(C)(C)CCCP(C)(C)(F)F. The molecule has 0 heterocycles. The maximum absolute atomic E-state index is 13.3. The average Bonchev–Trinajstić information content (AvgIpc) is 1.49. The first-order chi connectivity index (χ1) is 5.21. The molecule has 84 valence electrons. The van der Waals surface area contributed by atoms with E-state index < -0.39 is 13.8 Å². The standard InChI is InChI=1S/C9H24F2P2/c1-12(2,3,4)8-7-9-13(5,6,10)11/h7-9H2,1-6H3. The first-order valence-corrected chi connectivity index (χ1v) is 12.0. The Morgan fingerprint density at radius 1 is 0.769 bits per heavy atom. The fourth-order valence-corrected chi connectivity index (χ4v) is 3.84. The van der Waals surface area contributed by atoms with E-state index in [-0.39, 0.29) is 6.16 Å². The van der Waals surface area contributed by atoms with Crippen LogP contribution in [0.1, 0.15) is 6.42 Å². The van der Waals surface area contributed by atoms with Crippen molar-refractivity contribution in [3.05, 3.63) is 0 Å². The van der Waals surface area contributed by atoms with Gasteiger partial charge >= 0.3 is 81.0 Å². The van der Waals surface area contributed by atoms with Crippen molar-refractivity contribution in [1.82, 2.24) is 0 Å². The van der Waals surface area contributed by atoms with E-state index >= 15 is 0 Å². The molecule has 0 unspecified atom stereocenters. The van der Waals surface area contributed by atoms with Gasteiger partial charge in [-0.3, -0.25) is 0 Å². The zero-order valence-corrected chi connectivity index (χ0v) is 11.6. The zero-order chi connectivity index (χ0) is 11.0. The van der Waals surface area contributed by atoms with Crippen molar-refractivity contribution < 1.29 is 8.39 Å². The van der Waals surface area contributed by atoms with Gasteiger partial charge in [-0.2, -0.15) is 0 Å². The molecule has 0 amide bonds. The van der Waals surface area contributed by atoms with E-state index in [9.17, 15) is 8.39 Å². The third-order valence-corrected chi connectivity index (χ3v) is 5.48. The van der Waals surface area contributed by atoms with Crippen molar-refractivity contribution in [1.29, 1.82) is 0 Å². The molecule has 0 aromatic heterocycles. The van der Waals surface area contributed by atoms with Gasteiger partial charge in [0.2, 0.25) is 0 Å². The second-order valence-corrected chi connectivity index (χ2v) is 19.7. The van der Waals surface area contributed by atoms with Gasteiger partial charge < -0.3 is 0 Å². The number of hydrogen-bond donors (Lipinski definition) is 0. The summed E-state index contributed by atoms with van der Waals surface area (Å²) in [6, 6.07) is 0. The summed E-state index contributed by atoms with van der Waals surface area (Å²) in [6.45, 7) is 9.70. The quantitative estimate of drug-likeness (QED) is 0.642. The molecular weight excluding hydrogens is 208 g/mol. The van der Waals surface area contributed by atoms with Gasteiger partial charge in [-0.25, -0.2) is 0 Å². The van der Waals surface area contributed by atoms with Crippen LogP contribution in [0.4, 0.5) is 8.39 Å². The van der Waals surface area contributed by atoms with Crippen molar-refractivity contribution in [3.63, 3.8) is 0 Å². The fraction of sp³-hybridized carbons (Fsp3) is 1.00. The molecule has 0 nitrogen and oxygen atoms in total. The predicted molar refractivity (Wildman–Crippen MR) is 66.0 cm³/mol. The van der Waals surface area contributed by atoms with Crippen LogP contribution >= 0.6 is 13.8 Å². The molecule has 0 rings (SSSR count). The van der Waals surface area contributed by atoms with Crippen LogP contribution in [0.2, 0.25) is 0 Å². The van der Waals surface area contributed by atoms with Gasteiger partial charge in [-0.05, 0) is 0 Å². The Hall–Kier alpha value is 0.720. The molecule has 0 saturated carbocycles. The Morgan fingerprint density at radius 3 is 1.38 bits per heavy atom.